The lowest BCUT2D eigenvalue weighted by Gasteiger charge is -2.22. The molecule has 1 atom stereocenters. The number of benzene rings is 2. The Morgan fingerprint density at radius 2 is 1.64 bits per heavy atom. The number of rotatable bonds is 8. The number of ether oxygens (including phenoxy) is 2. The van der Waals surface area contributed by atoms with Gasteiger partial charge in [-0.15, -0.1) is 0 Å². The average molecular weight is 383 g/mol. The Morgan fingerprint density at radius 1 is 0.964 bits per heavy atom. The van der Waals surface area contributed by atoms with Crippen molar-refractivity contribution in [2.45, 2.75) is 52.0 Å². The molecule has 2 amide bonds. The van der Waals surface area contributed by atoms with Crippen LogP contribution in [0.15, 0.2) is 42.5 Å². The maximum atomic E-state index is 12.3. The quantitative estimate of drug-likeness (QED) is 0.648. The van der Waals surface area contributed by atoms with Gasteiger partial charge >= 0.3 is 6.03 Å². The predicted octanol–water partition coefficient (Wildman–Crippen LogP) is 4.75. The first-order valence-electron chi connectivity index (χ1n) is 10.2. The molecule has 0 heterocycles. The zero-order chi connectivity index (χ0) is 19.8. The van der Waals surface area contributed by atoms with Crippen molar-refractivity contribution in [2.24, 2.45) is 0 Å². The van der Waals surface area contributed by atoms with Gasteiger partial charge in [0.1, 0.15) is 11.5 Å². The first-order chi connectivity index (χ1) is 13.7. The highest BCUT2D eigenvalue weighted by atomic mass is 16.5. The summed E-state index contributed by atoms with van der Waals surface area (Å²) in [4.78, 5) is 12.3. The molecule has 1 aliphatic rings. The summed E-state index contributed by atoms with van der Waals surface area (Å²) in [5.41, 5.74) is 4.06. The van der Waals surface area contributed by atoms with E-state index in [0.717, 1.165) is 18.6 Å². The van der Waals surface area contributed by atoms with Crippen molar-refractivity contribution in [3.63, 3.8) is 0 Å². The van der Waals surface area contributed by atoms with Crippen molar-refractivity contribution >= 4 is 6.03 Å². The molecule has 5 heteroatoms. The van der Waals surface area contributed by atoms with Gasteiger partial charge in [-0.1, -0.05) is 25.1 Å². The molecule has 0 radical (unpaired) electrons. The molecular formula is C23H30N2O3. The van der Waals surface area contributed by atoms with Crippen LogP contribution in [0.3, 0.4) is 0 Å². The van der Waals surface area contributed by atoms with E-state index in [-0.39, 0.29) is 18.8 Å². The highest BCUT2D eigenvalue weighted by Crippen LogP contribution is 2.26. The van der Waals surface area contributed by atoms with E-state index < -0.39 is 0 Å². The molecule has 0 saturated heterocycles. The lowest BCUT2D eigenvalue weighted by Crippen LogP contribution is -2.39. The van der Waals surface area contributed by atoms with Gasteiger partial charge < -0.3 is 20.1 Å². The van der Waals surface area contributed by atoms with Crippen LogP contribution >= 0.6 is 0 Å². The van der Waals surface area contributed by atoms with Gasteiger partial charge in [0.05, 0.1) is 12.6 Å². The summed E-state index contributed by atoms with van der Waals surface area (Å²) in [6.45, 7) is 4.77. The van der Waals surface area contributed by atoms with Gasteiger partial charge in [0.25, 0.3) is 0 Å². The number of aryl methyl sites for hydroxylation is 2. The Hall–Kier alpha value is -2.69. The Labute approximate surface area is 167 Å². The molecule has 1 aliphatic carbocycles. The Morgan fingerprint density at radius 3 is 2.32 bits per heavy atom. The number of hydrogen-bond acceptors (Lipinski definition) is 3. The minimum absolute atomic E-state index is 0.00213. The fourth-order valence-corrected chi connectivity index (χ4v) is 3.58. The number of amides is 2. The summed E-state index contributed by atoms with van der Waals surface area (Å²) in [6, 6.07) is 13.8. The van der Waals surface area contributed by atoms with Crippen molar-refractivity contribution in [1.82, 2.24) is 10.6 Å². The van der Waals surface area contributed by atoms with Crippen LogP contribution in [0.25, 0.3) is 0 Å². The van der Waals surface area contributed by atoms with Gasteiger partial charge in [0.2, 0.25) is 0 Å². The van der Waals surface area contributed by atoms with E-state index in [1.807, 2.05) is 31.2 Å². The van der Waals surface area contributed by atoms with E-state index in [4.69, 9.17) is 9.47 Å². The van der Waals surface area contributed by atoms with Crippen molar-refractivity contribution in [3.8, 4) is 11.5 Å². The van der Waals surface area contributed by atoms with E-state index in [1.54, 1.807) is 0 Å². The smallest absolute Gasteiger partial charge is 0.317 e. The molecular weight excluding hydrogens is 352 g/mol. The van der Waals surface area contributed by atoms with Crippen LogP contribution in [-0.2, 0) is 12.8 Å². The summed E-state index contributed by atoms with van der Waals surface area (Å²) in [5, 5.41) is 5.82. The summed E-state index contributed by atoms with van der Waals surface area (Å²) in [6.07, 6.45) is 5.68. The van der Waals surface area contributed by atoms with E-state index in [2.05, 4.69) is 35.8 Å². The summed E-state index contributed by atoms with van der Waals surface area (Å²) < 4.78 is 11.0. The van der Waals surface area contributed by atoms with Crippen LogP contribution in [0.1, 0.15) is 55.8 Å². The van der Waals surface area contributed by atoms with E-state index in [0.29, 0.717) is 12.4 Å². The van der Waals surface area contributed by atoms with Gasteiger partial charge in [-0.3, -0.25) is 0 Å². The average Bonchev–Trinajstić information content (AvgIpc) is 2.73. The topological polar surface area (TPSA) is 59.6 Å². The third-order valence-corrected chi connectivity index (χ3v) is 5.09. The molecule has 3 rings (SSSR count). The van der Waals surface area contributed by atoms with Crippen molar-refractivity contribution in [2.75, 3.05) is 13.3 Å². The molecule has 0 spiro atoms. The molecule has 0 saturated carbocycles. The van der Waals surface area contributed by atoms with Crippen molar-refractivity contribution in [1.29, 1.82) is 0 Å². The standard InChI is InChI=1S/C23H30N2O3/c1-3-22(19-10-9-17-7-5-6-8-18(17)15-19)25-23(26)24-16-28-21-13-11-20(12-14-21)27-4-2/h9-15,22H,3-8,16H2,1-2H3,(H2,24,25,26). The Bertz CT molecular complexity index is 774. The number of nitrogens with one attached hydrogen (secondary N) is 2. The van der Waals surface area contributed by atoms with Crippen molar-refractivity contribution in [3.05, 3.63) is 59.2 Å². The van der Waals surface area contributed by atoms with Gasteiger partial charge in [0.15, 0.2) is 6.73 Å². The Kier molecular flexibility index (Phi) is 7.18. The molecule has 2 aromatic rings. The zero-order valence-electron chi connectivity index (χ0n) is 16.8. The number of fused-ring (bicyclic) bond motifs is 1. The second-order valence-corrected chi connectivity index (χ2v) is 7.04. The fraction of sp³-hybridized carbons (Fsp3) is 0.435. The maximum absolute atomic E-state index is 12.3. The van der Waals surface area contributed by atoms with Crippen LogP contribution in [0, 0.1) is 0 Å². The lowest BCUT2D eigenvalue weighted by atomic mass is 9.89. The van der Waals surface area contributed by atoms with Gasteiger partial charge in [-0.25, -0.2) is 4.79 Å². The lowest BCUT2D eigenvalue weighted by molar-refractivity contribution is 0.220. The monoisotopic (exact) mass is 382 g/mol. The van der Waals surface area contributed by atoms with Crippen LogP contribution in [0.4, 0.5) is 4.79 Å². The van der Waals surface area contributed by atoms with Gasteiger partial charge in [0, 0.05) is 0 Å². The minimum atomic E-state index is -0.226. The van der Waals surface area contributed by atoms with Gasteiger partial charge in [-0.05, 0) is 80.0 Å². The number of carbonyl (C=O) groups is 1. The number of carbonyl (C=O) groups excluding carboxylic acids is 1. The first-order valence-corrected chi connectivity index (χ1v) is 10.2. The largest absolute Gasteiger partial charge is 0.494 e. The van der Waals surface area contributed by atoms with Crippen LogP contribution in [0.5, 0.6) is 11.5 Å². The Balaban J connectivity index is 1.48. The van der Waals surface area contributed by atoms with Crippen LogP contribution in [0.2, 0.25) is 0 Å². The molecule has 1 unspecified atom stereocenters. The molecule has 0 fully saturated rings. The third kappa shape index (κ3) is 5.41. The second-order valence-electron chi connectivity index (χ2n) is 7.04. The predicted molar refractivity (Wildman–Crippen MR) is 111 cm³/mol. The summed E-state index contributed by atoms with van der Waals surface area (Å²) in [5.74, 6) is 1.49. The zero-order valence-corrected chi connectivity index (χ0v) is 16.8. The molecule has 2 aromatic carbocycles. The fourth-order valence-electron chi connectivity index (χ4n) is 3.58. The molecule has 5 nitrogen and oxygen atoms in total. The second kappa shape index (κ2) is 10.0. The van der Waals surface area contributed by atoms with E-state index >= 15 is 0 Å². The summed E-state index contributed by atoms with van der Waals surface area (Å²) >= 11 is 0. The highest BCUT2D eigenvalue weighted by Gasteiger charge is 2.16. The molecule has 150 valence electrons. The number of urea groups is 1. The number of hydrogen-bond donors (Lipinski definition) is 2. The molecule has 0 aromatic heterocycles. The first kappa shape index (κ1) is 20.1. The van der Waals surface area contributed by atoms with Crippen LogP contribution < -0.4 is 20.1 Å². The molecule has 0 aliphatic heterocycles. The minimum Gasteiger partial charge on any atom is -0.494 e. The summed E-state index contributed by atoms with van der Waals surface area (Å²) in [7, 11) is 0. The highest BCUT2D eigenvalue weighted by molar-refractivity contribution is 5.74. The molecule has 2 N–H and O–H groups in total. The van der Waals surface area contributed by atoms with E-state index in [9.17, 15) is 4.79 Å². The normalized spacial score (nSPS) is 13.9. The molecule has 28 heavy (non-hydrogen) atoms. The SMILES string of the molecule is CCOc1ccc(OCNC(=O)NC(CC)c2ccc3c(c2)CCCC3)cc1. The third-order valence-electron chi connectivity index (χ3n) is 5.09. The van der Waals surface area contributed by atoms with Crippen molar-refractivity contribution < 1.29 is 14.3 Å². The molecule has 0 bridgehead atoms. The maximum Gasteiger partial charge on any atom is 0.317 e. The van der Waals surface area contributed by atoms with Gasteiger partial charge in [-0.2, -0.15) is 0 Å². The van der Waals surface area contributed by atoms with E-state index in [1.165, 1.54) is 36.0 Å². The van der Waals surface area contributed by atoms with Crippen LogP contribution in [-0.4, -0.2) is 19.4 Å².